The van der Waals surface area contributed by atoms with Crippen LogP contribution in [0.15, 0.2) is 54.6 Å². The van der Waals surface area contributed by atoms with Crippen molar-refractivity contribution >= 4 is 0 Å². The molecule has 0 radical (unpaired) electrons. The lowest BCUT2D eigenvalue weighted by atomic mass is 9.98. The highest BCUT2D eigenvalue weighted by atomic mass is 19.2. The Balaban J connectivity index is 2.07. The van der Waals surface area contributed by atoms with Gasteiger partial charge in [0.15, 0.2) is 11.6 Å². The summed E-state index contributed by atoms with van der Waals surface area (Å²) < 4.78 is 42.2. The lowest BCUT2D eigenvalue weighted by Gasteiger charge is -2.09. The molecular weight excluding hydrogens is 297 g/mol. The summed E-state index contributed by atoms with van der Waals surface area (Å²) in [5, 5.41) is 0. The first-order chi connectivity index (χ1) is 11.0. The smallest absolute Gasteiger partial charge is 0.167 e. The van der Waals surface area contributed by atoms with Crippen LogP contribution in [0.2, 0.25) is 0 Å². The second-order valence-corrected chi connectivity index (χ2v) is 5.62. The van der Waals surface area contributed by atoms with E-state index in [1.54, 1.807) is 6.07 Å². The number of rotatable bonds is 2. The normalized spacial score (nSPS) is 10.8. The van der Waals surface area contributed by atoms with Crippen LogP contribution in [-0.2, 0) is 0 Å². The zero-order chi connectivity index (χ0) is 16.6. The maximum atomic E-state index is 14.4. The minimum Gasteiger partial charge on any atom is -0.206 e. The SMILES string of the molecule is Cc1ccc(-c2ccc(-c3ccc(C)c(F)c3F)c(F)c2)cc1. The predicted molar refractivity (Wildman–Crippen MR) is 86.7 cm³/mol. The van der Waals surface area contributed by atoms with Gasteiger partial charge in [-0.25, -0.2) is 13.2 Å². The summed E-state index contributed by atoms with van der Waals surface area (Å²) in [6, 6.07) is 15.1. The molecule has 3 aromatic rings. The van der Waals surface area contributed by atoms with Crippen molar-refractivity contribution in [3.8, 4) is 22.3 Å². The summed E-state index contributed by atoms with van der Waals surface area (Å²) in [5.74, 6) is -2.54. The monoisotopic (exact) mass is 312 g/mol. The van der Waals surface area contributed by atoms with Crippen LogP contribution in [0, 0.1) is 31.3 Å². The van der Waals surface area contributed by atoms with Crippen LogP contribution in [0.25, 0.3) is 22.3 Å². The first kappa shape index (κ1) is 15.3. The lowest BCUT2D eigenvalue weighted by molar-refractivity contribution is 0.505. The molecule has 116 valence electrons. The quantitative estimate of drug-likeness (QED) is 0.540. The Morgan fingerprint density at radius 1 is 0.609 bits per heavy atom. The number of hydrogen-bond donors (Lipinski definition) is 0. The van der Waals surface area contributed by atoms with Crippen LogP contribution in [0.4, 0.5) is 13.2 Å². The molecule has 3 rings (SSSR count). The van der Waals surface area contributed by atoms with Gasteiger partial charge in [-0.05, 0) is 36.6 Å². The summed E-state index contributed by atoms with van der Waals surface area (Å²) in [6.45, 7) is 3.45. The summed E-state index contributed by atoms with van der Waals surface area (Å²) >= 11 is 0. The second kappa shape index (κ2) is 5.92. The molecule has 0 spiro atoms. The van der Waals surface area contributed by atoms with Crippen LogP contribution in [0.3, 0.4) is 0 Å². The fourth-order valence-electron chi connectivity index (χ4n) is 2.51. The summed E-state index contributed by atoms with van der Waals surface area (Å²) in [5.41, 5.74) is 2.86. The molecule has 3 heteroatoms. The van der Waals surface area contributed by atoms with Crippen LogP contribution in [0.5, 0.6) is 0 Å². The van der Waals surface area contributed by atoms with Gasteiger partial charge in [0.25, 0.3) is 0 Å². The molecule has 0 saturated carbocycles. The highest BCUT2D eigenvalue weighted by molar-refractivity contribution is 5.71. The molecule has 0 aliphatic rings. The van der Waals surface area contributed by atoms with E-state index in [4.69, 9.17) is 0 Å². The number of aryl methyl sites for hydroxylation is 2. The summed E-state index contributed by atoms with van der Waals surface area (Å²) in [4.78, 5) is 0. The molecule has 0 unspecified atom stereocenters. The van der Waals surface area contributed by atoms with Gasteiger partial charge in [0.1, 0.15) is 5.82 Å². The van der Waals surface area contributed by atoms with Gasteiger partial charge < -0.3 is 0 Å². The molecule has 0 saturated heterocycles. The molecule has 0 atom stereocenters. The molecule has 0 aliphatic heterocycles. The Labute approximate surface area is 133 Å². The number of halogens is 3. The predicted octanol–water partition coefficient (Wildman–Crippen LogP) is 6.05. The van der Waals surface area contributed by atoms with Crippen molar-refractivity contribution in [3.05, 3.63) is 83.2 Å². The molecular formula is C20H15F3. The summed E-state index contributed by atoms with van der Waals surface area (Å²) in [7, 11) is 0. The van der Waals surface area contributed by atoms with Crippen molar-refractivity contribution in [1.29, 1.82) is 0 Å². The molecule has 0 aromatic heterocycles. The van der Waals surface area contributed by atoms with Gasteiger partial charge in [-0.3, -0.25) is 0 Å². The van der Waals surface area contributed by atoms with E-state index in [1.807, 2.05) is 31.2 Å². The molecule has 23 heavy (non-hydrogen) atoms. The Morgan fingerprint density at radius 3 is 1.87 bits per heavy atom. The van der Waals surface area contributed by atoms with E-state index in [0.29, 0.717) is 5.56 Å². The van der Waals surface area contributed by atoms with Crippen molar-refractivity contribution in [2.75, 3.05) is 0 Å². The summed E-state index contributed by atoms with van der Waals surface area (Å²) in [6.07, 6.45) is 0. The highest BCUT2D eigenvalue weighted by Crippen LogP contribution is 2.31. The van der Waals surface area contributed by atoms with Crippen LogP contribution in [0.1, 0.15) is 11.1 Å². The zero-order valence-corrected chi connectivity index (χ0v) is 12.8. The van der Waals surface area contributed by atoms with E-state index >= 15 is 0 Å². The molecule has 0 heterocycles. The first-order valence-electron chi connectivity index (χ1n) is 7.29. The number of benzene rings is 3. The molecule has 0 nitrogen and oxygen atoms in total. The van der Waals surface area contributed by atoms with Gasteiger partial charge in [0.05, 0.1) is 0 Å². The van der Waals surface area contributed by atoms with Crippen molar-refractivity contribution in [2.24, 2.45) is 0 Å². The largest absolute Gasteiger partial charge is 0.206 e. The maximum absolute atomic E-state index is 14.4. The average molecular weight is 312 g/mol. The van der Waals surface area contributed by atoms with Crippen molar-refractivity contribution < 1.29 is 13.2 Å². The minimum absolute atomic E-state index is 0.0530. The molecule has 0 N–H and O–H groups in total. The van der Waals surface area contributed by atoms with E-state index in [0.717, 1.165) is 11.1 Å². The van der Waals surface area contributed by atoms with Gasteiger partial charge >= 0.3 is 0 Å². The lowest BCUT2D eigenvalue weighted by Crippen LogP contribution is -1.95. The van der Waals surface area contributed by atoms with Crippen LogP contribution in [-0.4, -0.2) is 0 Å². The average Bonchev–Trinajstić information content (AvgIpc) is 2.54. The second-order valence-electron chi connectivity index (χ2n) is 5.62. The standard InChI is InChI=1S/C20H15F3/c1-12-3-6-14(7-4-12)15-8-10-16(18(21)11-15)17-9-5-13(2)19(22)20(17)23/h3-11H,1-2H3. The molecule has 0 fully saturated rings. The van der Waals surface area contributed by atoms with Crippen molar-refractivity contribution in [2.45, 2.75) is 13.8 Å². The van der Waals surface area contributed by atoms with E-state index < -0.39 is 17.5 Å². The fraction of sp³-hybridized carbons (Fsp3) is 0.100. The molecule has 0 amide bonds. The Hall–Kier alpha value is -2.55. The first-order valence-corrected chi connectivity index (χ1v) is 7.29. The third kappa shape index (κ3) is 2.87. The molecule has 3 aromatic carbocycles. The Bertz CT molecular complexity index is 865. The highest BCUT2D eigenvalue weighted by Gasteiger charge is 2.16. The molecule has 0 bridgehead atoms. The molecule has 0 aliphatic carbocycles. The maximum Gasteiger partial charge on any atom is 0.167 e. The third-order valence-corrected chi connectivity index (χ3v) is 3.92. The van der Waals surface area contributed by atoms with Gasteiger partial charge in [0.2, 0.25) is 0 Å². The zero-order valence-electron chi connectivity index (χ0n) is 12.8. The van der Waals surface area contributed by atoms with Gasteiger partial charge in [0, 0.05) is 11.1 Å². The third-order valence-electron chi connectivity index (χ3n) is 3.92. The Morgan fingerprint density at radius 2 is 1.22 bits per heavy atom. The van der Waals surface area contributed by atoms with E-state index in [2.05, 4.69) is 0 Å². The number of hydrogen-bond acceptors (Lipinski definition) is 0. The topological polar surface area (TPSA) is 0 Å². The van der Waals surface area contributed by atoms with Gasteiger partial charge in [-0.1, -0.05) is 54.1 Å². The van der Waals surface area contributed by atoms with E-state index in [-0.39, 0.29) is 16.7 Å². The van der Waals surface area contributed by atoms with E-state index in [9.17, 15) is 13.2 Å². The minimum atomic E-state index is -1.02. The van der Waals surface area contributed by atoms with Crippen molar-refractivity contribution in [3.63, 3.8) is 0 Å². The van der Waals surface area contributed by atoms with Crippen LogP contribution >= 0.6 is 0 Å². The van der Waals surface area contributed by atoms with Crippen LogP contribution < -0.4 is 0 Å². The van der Waals surface area contributed by atoms with Gasteiger partial charge in [-0.2, -0.15) is 0 Å². The van der Waals surface area contributed by atoms with Crippen molar-refractivity contribution in [1.82, 2.24) is 0 Å². The van der Waals surface area contributed by atoms with Gasteiger partial charge in [-0.15, -0.1) is 0 Å². The van der Waals surface area contributed by atoms with E-state index in [1.165, 1.54) is 31.2 Å². The fourth-order valence-corrected chi connectivity index (χ4v) is 2.51. The Kier molecular flexibility index (Phi) is 3.95.